The van der Waals surface area contributed by atoms with Crippen molar-refractivity contribution in [1.82, 2.24) is 10.6 Å². The first kappa shape index (κ1) is 12.0. The summed E-state index contributed by atoms with van der Waals surface area (Å²) in [6, 6.07) is 0. The summed E-state index contributed by atoms with van der Waals surface area (Å²) in [6.45, 7) is 7.93. The Labute approximate surface area is 88.8 Å². The van der Waals surface area contributed by atoms with E-state index in [0.717, 1.165) is 0 Å². The molecule has 2 nitrogen and oxygen atoms in total. The van der Waals surface area contributed by atoms with Gasteiger partial charge in [-0.05, 0) is 45.3 Å². The fourth-order valence-electron chi connectivity index (χ4n) is 2.36. The number of piperidine rings is 2. The molecule has 2 heterocycles. The zero-order chi connectivity index (χ0) is 10.3. The summed E-state index contributed by atoms with van der Waals surface area (Å²) >= 11 is 0. The van der Waals surface area contributed by atoms with Crippen LogP contribution in [0.3, 0.4) is 0 Å². The molecule has 0 aromatic heterocycles. The molecule has 2 heteroatoms. The number of nitrogens with one attached hydrogen (secondary N) is 2. The average Bonchev–Trinajstić information content (AvgIpc) is 2.21. The van der Waals surface area contributed by atoms with E-state index in [-0.39, 0.29) is 0 Å². The first-order valence-corrected chi connectivity index (χ1v) is 6.29. The molecule has 0 aromatic rings. The van der Waals surface area contributed by atoms with Crippen LogP contribution >= 0.6 is 0 Å². The summed E-state index contributed by atoms with van der Waals surface area (Å²) in [4.78, 5) is 0. The summed E-state index contributed by atoms with van der Waals surface area (Å²) in [5, 5.41) is 7.11. The first-order chi connectivity index (χ1) is 6.83. The molecule has 0 aliphatic carbocycles. The number of hydrogen-bond donors (Lipinski definition) is 2. The fourth-order valence-corrected chi connectivity index (χ4v) is 2.36. The monoisotopic (exact) mass is 198 g/mol. The maximum absolute atomic E-state index is 3.69. The molecule has 2 fully saturated rings. The van der Waals surface area contributed by atoms with E-state index in [0.29, 0.717) is 5.54 Å². The van der Waals surface area contributed by atoms with Gasteiger partial charge in [0.15, 0.2) is 0 Å². The molecule has 2 saturated heterocycles. The normalized spacial score (nSPS) is 25.3. The minimum Gasteiger partial charge on any atom is -0.317 e. The lowest BCUT2D eigenvalue weighted by Gasteiger charge is -2.41. The highest BCUT2D eigenvalue weighted by Crippen LogP contribution is 2.27. The van der Waals surface area contributed by atoms with E-state index in [9.17, 15) is 0 Å². The van der Waals surface area contributed by atoms with Crippen molar-refractivity contribution < 1.29 is 0 Å². The Morgan fingerprint density at radius 3 is 2.07 bits per heavy atom. The van der Waals surface area contributed by atoms with Crippen molar-refractivity contribution in [3.05, 3.63) is 0 Å². The molecule has 14 heavy (non-hydrogen) atoms. The Hall–Kier alpha value is -0.0800. The van der Waals surface area contributed by atoms with Gasteiger partial charge in [0.1, 0.15) is 0 Å². The predicted molar refractivity (Wildman–Crippen MR) is 62.7 cm³/mol. The van der Waals surface area contributed by atoms with Crippen molar-refractivity contribution in [2.75, 3.05) is 19.6 Å². The molecule has 0 saturated carbocycles. The van der Waals surface area contributed by atoms with Crippen molar-refractivity contribution in [2.45, 2.75) is 57.9 Å². The second-order valence-corrected chi connectivity index (χ2v) is 4.62. The van der Waals surface area contributed by atoms with Crippen LogP contribution in [0.15, 0.2) is 0 Å². The predicted octanol–water partition coefficient (Wildman–Crippen LogP) is 2.30. The second-order valence-electron chi connectivity index (χ2n) is 4.62. The molecule has 0 amide bonds. The van der Waals surface area contributed by atoms with E-state index in [1.165, 1.54) is 58.2 Å². The van der Waals surface area contributed by atoms with Crippen LogP contribution in [0.4, 0.5) is 0 Å². The van der Waals surface area contributed by atoms with Gasteiger partial charge in [-0.15, -0.1) is 0 Å². The van der Waals surface area contributed by atoms with Gasteiger partial charge in [0, 0.05) is 5.54 Å². The van der Waals surface area contributed by atoms with Crippen molar-refractivity contribution in [2.24, 2.45) is 0 Å². The van der Waals surface area contributed by atoms with E-state index in [1.54, 1.807) is 0 Å². The maximum atomic E-state index is 3.69. The Morgan fingerprint density at radius 1 is 0.929 bits per heavy atom. The largest absolute Gasteiger partial charge is 0.317 e. The Kier molecular flexibility index (Phi) is 5.49. The average molecular weight is 198 g/mol. The third-order valence-electron chi connectivity index (χ3n) is 3.14. The van der Waals surface area contributed by atoms with Crippen LogP contribution in [0.2, 0.25) is 0 Å². The van der Waals surface area contributed by atoms with Crippen LogP contribution in [0, 0.1) is 0 Å². The molecule has 0 atom stereocenters. The van der Waals surface area contributed by atoms with Crippen molar-refractivity contribution in [3.8, 4) is 0 Å². The minimum absolute atomic E-state index is 0.545. The summed E-state index contributed by atoms with van der Waals surface area (Å²) < 4.78 is 0. The Bertz CT molecular complexity index is 114. The molecule has 2 aliphatic heterocycles. The quantitative estimate of drug-likeness (QED) is 0.624. The molecule has 0 radical (unpaired) electrons. The smallest absolute Gasteiger partial charge is 0.0205 e. The minimum atomic E-state index is 0.545. The summed E-state index contributed by atoms with van der Waals surface area (Å²) in [5.74, 6) is 0. The summed E-state index contributed by atoms with van der Waals surface area (Å²) in [5.41, 5.74) is 0.545. The van der Waals surface area contributed by atoms with Crippen molar-refractivity contribution in [1.29, 1.82) is 0 Å². The van der Waals surface area contributed by atoms with Crippen LogP contribution < -0.4 is 10.6 Å². The Morgan fingerprint density at radius 2 is 1.57 bits per heavy atom. The highest BCUT2D eigenvalue weighted by Gasteiger charge is 2.32. The van der Waals surface area contributed by atoms with Crippen LogP contribution in [0.5, 0.6) is 0 Å². The molecule has 0 aromatic carbocycles. The van der Waals surface area contributed by atoms with Gasteiger partial charge in [0.2, 0.25) is 0 Å². The molecule has 2 aliphatic rings. The van der Waals surface area contributed by atoms with Crippen LogP contribution in [0.1, 0.15) is 52.4 Å². The van der Waals surface area contributed by atoms with Gasteiger partial charge in [-0.2, -0.15) is 0 Å². The molecule has 2 N–H and O–H groups in total. The molecule has 0 unspecified atom stereocenters. The SMILES string of the molecule is C1CCC2(CCNCC2)NC1.CCC. The highest BCUT2D eigenvalue weighted by molar-refractivity contribution is 4.94. The van der Waals surface area contributed by atoms with E-state index in [4.69, 9.17) is 0 Å². The van der Waals surface area contributed by atoms with Crippen molar-refractivity contribution in [3.63, 3.8) is 0 Å². The molecular weight excluding hydrogens is 172 g/mol. The van der Waals surface area contributed by atoms with Gasteiger partial charge < -0.3 is 10.6 Å². The zero-order valence-electron chi connectivity index (χ0n) is 9.86. The van der Waals surface area contributed by atoms with Crippen LogP contribution in [-0.4, -0.2) is 25.2 Å². The lowest BCUT2D eigenvalue weighted by molar-refractivity contribution is 0.194. The van der Waals surface area contributed by atoms with Gasteiger partial charge >= 0.3 is 0 Å². The lowest BCUT2D eigenvalue weighted by Crippen LogP contribution is -2.54. The molecule has 1 spiro atoms. The first-order valence-electron chi connectivity index (χ1n) is 6.29. The van der Waals surface area contributed by atoms with Gasteiger partial charge in [-0.3, -0.25) is 0 Å². The Balaban J connectivity index is 0.000000293. The highest BCUT2D eigenvalue weighted by atomic mass is 15.0. The molecular formula is C12H26N2. The van der Waals surface area contributed by atoms with Gasteiger partial charge in [-0.1, -0.05) is 26.7 Å². The van der Waals surface area contributed by atoms with Gasteiger partial charge in [0.25, 0.3) is 0 Å². The molecule has 0 bridgehead atoms. The van der Waals surface area contributed by atoms with E-state index in [1.807, 2.05) is 0 Å². The number of hydrogen-bond acceptors (Lipinski definition) is 2. The van der Waals surface area contributed by atoms with E-state index in [2.05, 4.69) is 24.5 Å². The fraction of sp³-hybridized carbons (Fsp3) is 1.00. The lowest BCUT2D eigenvalue weighted by atomic mass is 9.81. The third-order valence-corrected chi connectivity index (χ3v) is 3.14. The molecule has 2 rings (SSSR count). The summed E-state index contributed by atoms with van der Waals surface area (Å²) in [6.07, 6.45) is 8.16. The van der Waals surface area contributed by atoms with Gasteiger partial charge in [-0.25, -0.2) is 0 Å². The van der Waals surface area contributed by atoms with Crippen molar-refractivity contribution >= 4 is 0 Å². The summed E-state index contributed by atoms with van der Waals surface area (Å²) in [7, 11) is 0. The standard InChI is InChI=1S/C9H18N2.C3H8/c1-2-6-11-9(3-1)4-7-10-8-5-9;1-3-2/h10-11H,1-8H2;3H2,1-2H3. The third kappa shape index (κ3) is 3.58. The van der Waals surface area contributed by atoms with E-state index < -0.39 is 0 Å². The van der Waals surface area contributed by atoms with Crippen LogP contribution in [0.25, 0.3) is 0 Å². The van der Waals surface area contributed by atoms with Crippen LogP contribution in [-0.2, 0) is 0 Å². The number of rotatable bonds is 0. The van der Waals surface area contributed by atoms with Gasteiger partial charge in [0.05, 0.1) is 0 Å². The second kappa shape index (κ2) is 6.41. The molecule has 84 valence electrons. The van der Waals surface area contributed by atoms with E-state index >= 15 is 0 Å². The maximum Gasteiger partial charge on any atom is 0.0205 e. The zero-order valence-corrected chi connectivity index (χ0v) is 9.86. The topological polar surface area (TPSA) is 24.1 Å².